The summed E-state index contributed by atoms with van der Waals surface area (Å²) < 4.78 is 11.4. The molecule has 0 radical (unpaired) electrons. The molecule has 190 valence electrons. The van der Waals surface area contributed by atoms with E-state index in [1.54, 1.807) is 48.5 Å². The molecular formula is C30H36N2O4. The molecule has 6 heteroatoms. The van der Waals surface area contributed by atoms with Gasteiger partial charge < -0.3 is 20.1 Å². The Balaban J connectivity index is 1.58. The van der Waals surface area contributed by atoms with Gasteiger partial charge in [-0.15, -0.1) is 0 Å². The number of aryl methyl sites for hydroxylation is 2. The van der Waals surface area contributed by atoms with Crippen molar-refractivity contribution in [2.24, 2.45) is 5.41 Å². The van der Waals surface area contributed by atoms with Crippen molar-refractivity contribution < 1.29 is 19.1 Å². The van der Waals surface area contributed by atoms with E-state index in [1.807, 2.05) is 46.8 Å². The topological polar surface area (TPSA) is 76.7 Å². The average molecular weight is 489 g/mol. The van der Waals surface area contributed by atoms with Gasteiger partial charge in [-0.3, -0.25) is 9.59 Å². The summed E-state index contributed by atoms with van der Waals surface area (Å²) in [5.74, 6) is 1.18. The molecule has 0 fully saturated rings. The lowest BCUT2D eigenvalue weighted by Crippen LogP contribution is -2.32. The van der Waals surface area contributed by atoms with Gasteiger partial charge >= 0.3 is 0 Å². The fourth-order valence-corrected chi connectivity index (χ4v) is 3.75. The second-order valence-electron chi connectivity index (χ2n) is 9.52. The molecule has 3 rings (SSSR count). The van der Waals surface area contributed by atoms with E-state index in [-0.39, 0.29) is 11.8 Å². The Kier molecular flexibility index (Phi) is 9.12. The quantitative estimate of drug-likeness (QED) is 0.292. The van der Waals surface area contributed by atoms with E-state index in [4.69, 9.17) is 9.47 Å². The summed E-state index contributed by atoms with van der Waals surface area (Å²) >= 11 is 0. The Hall–Kier alpha value is -3.80. The van der Waals surface area contributed by atoms with E-state index in [2.05, 4.69) is 16.7 Å². The molecule has 2 N–H and O–H groups in total. The molecule has 0 heterocycles. The van der Waals surface area contributed by atoms with Gasteiger partial charge in [0.15, 0.2) is 0 Å². The number of ether oxygens (including phenoxy) is 2. The fourth-order valence-electron chi connectivity index (χ4n) is 3.75. The van der Waals surface area contributed by atoms with Gasteiger partial charge in [0.2, 0.25) is 5.91 Å². The molecule has 0 atom stereocenters. The highest BCUT2D eigenvalue weighted by atomic mass is 16.5. The number of anilines is 2. The van der Waals surface area contributed by atoms with Crippen LogP contribution in [-0.2, 0) is 4.79 Å². The van der Waals surface area contributed by atoms with Crippen molar-refractivity contribution in [3.05, 3.63) is 83.4 Å². The van der Waals surface area contributed by atoms with Gasteiger partial charge in [-0.25, -0.2) is 0 Å². The van der Waals surface area contributed by atoms with E-state index in [9.17, 15) is 9.59 Å². The van der Waals surface area contributed by atoms with Crippen LogP contribution in [-0.4, -0.2) is 25.0 Å². The summed E-state index contributed by atoms with van der Waals surface area (Å²) in [5, 5.41) is 5.84. The second kappa shape index (κ2) is 12.2. The Morgan fingerprint density at radius 1 is 0.889 bits per heavy atom. The molecule has 0 unspecified atom stereocenters. The minimum atomic E-state index is -0.635. The lowest BCUT2D eigenvalue weighted by Gasteiger charge is -2.24. The fraction of sp³-hybridized carbons (Fsp3) is 0.333. The van der Waals surface area contributed by atoms with Crippen LogP contribution in [0.25, 0.3) is 0 Å². The van der Waals surface area contributed by atoms with Crippen molar-refractivity contribution >= 4 is 23.2 Å². The number of para-hydroxylation sites is 1. The highest BCUT2D eigenvalue weighted by Crippen LogP contribution is 2.27. The molecule has 36 heavy (non-hydrogen) atoms. The van der Waals surface area contributed by atoms with Crippen LogP contribution in [0.1, 0.15) is 55.1 Å². The molecule has 0 aliphatic carbocycles. The van der Waals surface area contributed by atoms with Crippen molar-refractivity contribution in [2.45, 2.75) is 47.5 Å². The molecule has 0 aliphatic heterocycles. The van der Waals surface area contributed by atoms with E-state index in [0.29, 0.717) is 36.6 Å². The lowest BCUT2D eigenvalue weighted by molar-refractivity contribution is -0.124. The highest BCUT2D eigenvalue weighted by Gasteiger charge is 2.28. The Morgan fingerprint density at radius 3 is 2.33 bits per heavy atom. The molecule has 3 aromatic rings. The summed E-state index contributed by atoms with van der Waals surface area (Å²) in [6, 6.07) is 20.3. The number of nitrogens with one attached hydrogen (secondary N) is 2. The zero-order valence-corrected chi connectivity index (χ0v) is 21.8. The molecule has 0 aromatic heterocycles. The van der Waals surface area contributed by atoms with Gasteiger partial charge in [0, 0.05) is 11.1 Å². The van der Waals surface area contributed by atoms with Crippen LogP contribution in [0.5, 0.6) is 11.5 Å². The van der Waals surface area contributed by atoms with Gasteiger partial charge in [0.1, 0.15) is 11.5 Å². The van der Waals surface area contributed by atoms with E-state index in [1.165, 1.54) is 0 Å². The number of amides is 2. The molecule has 0 spiro atoms. The summed E-state index contributed by atoms with van der Waals surface area (Å²) in [5.41, 5.74) is 3.13. The summed E-state index contributed by atoms with van der Waals surface area (Å²) in [7, 11) is 0. The monoisotopic (exact) mass is 488 g/mol. The van der Waals surface area contributed by atoms with Crippen LogP contribution >= 0.6 is 0 Å². The van der Waals surface area contributed by atoms with Crippen LogP contribution in [0.3, 0.4) is 0 Å². The van der Waals surface area contributed by atoms with Crippen molar-refractivity contribution in [3.63, 3.8) is 0 Å². The van der Waals surface area contributed by atoms with Gasteiger partial charge in [0.05, 0.1) is 24.5 Å². The number of hydrogen-bond donors (Lipinski definition) is 2. The third kappa shape index (κ3) is 7.35. The minimum absolute atomic E-state index is 0.143. The molecular weight excluding hydrogens is 452 g/mol. The molecule has 0 saturated heterocycles. The molecule has 0 aliphatic rings. The number of benzene rings is 3. The summed E-state index contributed by atoms with van der Waals surface area (Å²) in [4.78, 5) is 26.1. The first-order valence-corrected chi connectivity index (χ1v) is 12.3. The van der Waals surface area contributed by atoms with E-state index in [0.717, 1.165) is 29.0 Å². The molecule has 6 nitrogen and oxygen atoms in total. The van der Waals surface area contributed by atoms with Gasteiger partial charge in [-0.2, -0.15) is 0 Å². The maximum Gasteiger partial charge on any atom is 0.257 e. The SMILES string of the molecule is CCOc1ccc(NC(=O)c2ccccc2NC(=O)C(C)(C)CCCOc2cc(C)ccc2C)cc1. The summed E-state index contributed by atoms with van der Waals surface area (Å²) in [6.07, 6.45) is 1.37. The smallest absolute Gasteiger partial charge is 0.257 e. The maximum absolute atomic E-state index is 13.1. The first-order valence-electron chi connectivity index (χ1n) is 12.3. The molecule has 3 aromatic carbocycles. The van der Waals surface area contributed by atoms with Crippen LogP contribution in [0, 0.1) is 19.3 Å². The van der Waals surface area contributed by atoms with Crippen molar-refractivity contribution in [1.29, 1.82) is 0 Å². The Morgan fingerprint density at radius 2 is 1.61 bits per heavy atom. The number of hydrogen-bond acceptors (Lipinski definition) is 4. The third-order valence-corrected chi connectivity index (χ3v) is 6.01. The predicted molar refractivity (Wildman–Crippen MR) is 145 cm³/mol. The van der Waals surface area contributed by atoms with Crippen molar-refractivity contribution in [3.8, 4) is 11.5 Å². The number of rotatable bonds is 11. The van der Waals surface area contributed by atoms with Gasteiger partial charge in [-0.1, -0.05) is 38.1 Å². The normalized spacial score (nSPS) is 11.0. The first-order chi connectivity index (χ1) is 17.2. The van der Waals surface area contributed by atoms with E-state index < -0.39 is 5.41 Å². The second-order valence-corrected chi connectivity index (χ2v) is 9.52. The van der Waals surface area contributed by atoms with Crippen molar-refractivity contribution in [2.75, 3.05) is 23.8 Å². The summed E-state index contributed by atoms with van der Waals surface area (Å²) in [6.45, 7) is 10.9. The molecule has 2 amide bonds. The highest BCUT2D eigenvalue weighted by molar-refractivity contribution is 6.10. The average Bonchev–Trinajstić information content (AvgIpc) is 2.85. The zero-order chi connectivity index (χ0) is 26.1. The van der Waals surface area contributed by atoms with Crippen LogP contribution in [0.4, 0.5) is 11.4 Å². The van der Waals surface area contributed by atoms with Crippen molar-refractivity contribution in [1.82, 2.24) is 0 Å². The molecule has 0 saturated carbocycles. The standard InChI is InChI=1S/C30H36N2O4/c1-6-35-24-16-14-23(15-17-24)31-28(33)25-10-7-8-11-26(25)32-29(34)30(4,5)18-9-19-36-27-20-21(2)12-13-22(27)3/h7-8,10-17,20H,6,9,18-19H2,1-5H3,(H,31,33)(H,32,34). The number of carbonyl (C=O) groups excluding carboxylic acids is 2. The number of carbonyl (C=O) groups is 2. The lowest BCUT2D eigenvalue weighted by atomic mass is 9.86. The van der Waals surface area contributed by atoms with E-state index >= 15 is 0 Å². The third-order valence-electron chi connectivity index (χ3n) is 6.01. The zero-order valence-electron chi connectivity index (χ0n) is 21.8. The molecule has 0 bridgehead atoms. The Labute approximate surface area is 214 Å². The van der Waals surface area contributed by atoms with Gasteiger partial charge in [-0.05, 0) is 87.2 Å². The van der Waals surface area contributed by atoms with Gasteiger partial charge in [0.25, 0.3) is 5.91 Å². The first kappa shape index (κ1) is 26.8. The predicted octanol–water partition coefficient (Wildman–Crippen LogP) is 6.78. The van der Waals surface area contributed by atoms with Crippen LogP contribution in [0.2, 0.25) is 0 Å². The maximum atomic E-state index is 13.1. The van der Waals surface area contributed by atoms with Crippen LogP contribution < -0.4 is 20.1 Å². The minimum Gasteiger partial charge on any atom is -0.494 e. The van der Waals surface area contributed by atoms with Crippen LogP contribution in [0.15, 0.2) is 66.7 Å². The Bertz CT molecular complexity index is 1190. The largest absolute Gasteiger partial charge is 0.494 e.